The molecular weight excluding hydrogens is 446 g/mol. The van der Waals surface area contributed by atoms with Crippen molar-refractivity contribution < 1.29 is 23.9 Å². The lowest BCUT2D eigenvalue weighted by molar-refractivity contribution is -0.156. The Labute approximate surface area is 201 Å². The number of hydrogen-bond donors (Lipinski definition) is 1. The van der Waals surface area contributed by atoms with Crippen LogP contribution < -0.4 is 4.90 Å². The zero-order valence-corrected chi connectivity index (χ0v) is 19.4. The molecule has 3 aliphatic rings. The maximum absolute atomic E-state index is 13.7. The van der Waals surface area contributed by atoms with E-state index in [0.717, 1.165) is 35.7 Å². The second-order valence-electron chi connectivity index (χ2n) is 9.36. The largest absolute Gasteiger partial charge is 0.454 e. The van der Waals surface area contributed by atoms with E-state index in [9.17, 15) is 19.2 Å². The number of benzene rings is 2. The maximum Gasteiger partial charge on any atom is 0.354 e. The van der Waals surface area contributed by atoms with E-state index in [4.69, 9.17) is 4.74 Å². The van der Waals surface area contributed by atoms with Crippen LogP contribution >= 0.6 is 0 Å². The fourth-order valence-corrected chi connectivity index (χ4v) is 5.58. The lowest BCUT2D eigenvalue weighted by atomic mass is 9.96. The Morgan fingerprint density at radius 3 is 2.69 bits per heavy atom. The van der Waals surface area contributed by atoms with Crippen molar-refractivity contribution in [2.24, 2.45) is 0 Å². The highest BCUT2D eigenvalue weighted by Crippen LogP contribution is 2.49. The predicted octanol–water partition coefficient (Wildman–Crippen LogP) is 3.60. The van der Waals surface area contributed by atoms with Gasteiger partial charge in [0.15, 0.2) is 6.61 Å². The summed E-state index contributed by atoms with van der Waals surface area (Å²) in [5.41, 5.74) is 1.70. The molecule has 3 aromatic rings. The van der Waals surface area contributed by atoms with Crippen LogP contribution in [0, 0.1) is 0 Å². The number of aromatic nitrogens is 1. The zero-order valence-electron chi connectivity index (χ0n) is 19.4. The normalized spacial score (nSPS) is 21.3. The van der Waals surface area contributed by atoms with Gasteiger partial charge in [-0.1, -0.05) is 37.3 Å². The number of hydrogen-bond acceptors (Lipinski definition) is 5. The number of esters is 1. The summed E-state index contributed by atoms with van der Waals surface area (Å²) in [5.74, 6) is -1.59. The molecule has 1 aliphatic carbocycles. The van der Waals surface area contributed by atoms with Gasteiger partial charge in [-0.3, -0.25) is 19.3 Å². The Kier molecular flexibility index (Phi) is 4.81. The molecule has 0 spiro atoms. The summed E-state index contributed by atoms with van der Waals surface area (Å²) in [6, 6.07) is 12.5. The van der Waals surface area contributed by atoms with E-state index < -0.39 is 18.2 Å². The van der Waals surface area contributed by atoms with Crippen molar-refractivity contribution in [1.29, 1.82) is 0 Å². The molecule has 1 saturated carbocycles. The minimum atomic E-state index is -1.56. The Morgan fingerprint density at radius 1 is 1.11 bits per heavy atom. The highest BCUT2D eigenvalue weighted by atomic mass is 16.5. The Bertz CT molecular complexity index is 1400. The van der Waals surface area contributed by atoms with Gasteiger partial charge in [-0.15, -0.1) is 0 Å². The molecule has 1 unspecified atom stereocenters. The van der Waals surface area contributed by atoms with Crippen molar-refractivity contribution in [2.45, 2.75) is 50.7 Å². The summed E-state index contributed by atoms with van der Waals surface area (Å²) in [7, 11) is 0. The molecule has 8 heteroatoms. The van der Waals surface area contributed by atoms with Gasteiger partial charge < -0.3 is 14.6 Å². The van der Waals surface area contributed by atoms with E-state index in [0.29, 0.717) is 16.8 Å². The van der Waals surface area contributed by atoms with Crippen LogP contribution in [0.4, 0.5) is 5.69 Å². The highest BCUT2D eigenvalue weighted by molar-refractivity contribution is 6.16. The van der Waals surface area contributed by atoms with E-state index in [1.807, 2.05) is 25.1 Å². The second-order valence-corrected chi connectivity index (χ2v) is 9.36. The molecule has 0 radical (unpaired) electrons. The second kappa shape index (κ2) is 7.80. The molecule has 8 nitrogen and oxygen atoms in total. The van der Waals surface area contributed by atoms with Gasteiger partial charge in [0.1, 0.15) is 0 Å². The summed E-state index contributed by atoms with van der Waals surface area (Å²) < 4.78 is 5.61. The smallest absolute Gasteiger partial charge is 0.354 e. The molecular formula is C27H25N3O5. The van der Waals surface area contributed by atoms with Crippen molar-refractivity contribution in [2.75, 3.05) is 11.5 Å². The molecule has 1 atom stereocenters. The van der Waals surface area contributed by atoms with Crippen LogP contribution in [0.5, 0.6) is 0 Å². The Hall–Kier alpha value is -3.94. The van der Waals surface area contributed by atoms with Crippen LogP contribution in [-0.2, 0) is 20.7 Å². The average molecular weight is 472 g/mol. The van der Waals surface area contributed by atoms with Crippen LogP contribution in [0.15, 0.2) is 48.7 Å². The SMILES string of the molecule is CCc1cccc2c(C(=O)COC(=O)C34CCC(=O)N3c3ccccc3C(=O)N4C3CC3)c[nH]c12. The van der Waals surface area contributed by atoms with Crippen molar-refractivity contribution in [3.8, 4) is 0 Å². The summed E-state index contributed by atoms with van der Waals surface area (Å²) >= 11 is 0. The standard InChI is InChI=1S/C27H25N3O5/c1-2-16-6-5-8-18-20(14-28-24(16)18)22(31)15-35-26(34)27-13-12-23(32)30(27)21-9-4-3-7-19(21)25(33)29(27)17-10-11-17/h3-9,14,17,28H,2,10-13,15H2,1H3. The number of para-hydroxylation sites is 2. The third kappa shape index (κ3) is 3.05. The number of ether oxygens (including phenoxy) is 1. The first kappa shape index (κ1) is 21.6. The zero-order chi connectivity index (χ0) is 24.3. The first-order valence-electron chi connectivity index (χ1n) is 12.0. The van der Waals surface area contributed by atoms with Crippen LogP contribution in [0.1, 0.15) is 58.9 Å². The minimum Gasteiger partial charge on any atom is -0.454 e. The van der Waals surface area contributed by atoms with Crippen molar-refractivity contribution >= 4 is 40.2 Å². The number of carbonyl (C=O) groups is 4. The van der Waals surface area contributed by atoms with E-state index in [2.05, 4.69) is 4.98 Å². The monoisotopic (exact) mass is 471 g/mol. The molecule has 2 fully saturated rings. The number of aromatic amines is 1. The number of fused-ring (bicyclic) bond motifs is 4. The summed E-state index contributed by atoms with van der Waals surface area (Å²) in [6.07, 6.45) is 4.25. The van der Waals surface area contributed by atoms with Crippen LogP contribution in [0.2, 0.25) is 0 Å². The topological polar surface area (TPSA) is 99.8 Å². The highest BCUT2D eigenvalue weighted by Gasteiger charge is 2.64. The molecule has 35 heavy (non-hydrogen) atoms. The summed E-state index contributed by atoms with van der Waals surface area (Å²) in [6.45, 7) is 1.57. The lowest BCUT2D eigenvalue weighted by Crippen LogP contribution is -2.69. The van der Waals surface area contributed by atoms with Crippen LogP contribution in [-0.4, -0.2) is 51.8 Å². The molecule has 2 aromatic carbocycles. The molecule has 6 rings (SSSR count). The van der Waals surface area contributed by atoms with Crippen LogP contribution in [0.25, 0.3) is 10.9 Å². The summed E-state index contributed by atoms with van der Waals surface area (Å²) in [5, 5.41) is 0.780. The minimum absolute atomic E-state index is 0.121. The van der Waals surface area contributed by atoms with Gasteiger partial charge in [-0.2, -0.15) is 0 Å². The van der Waals surface area contributed by atoms with Gasteiger partial charge in [-0.25, -0.2) is 4.79 Å². The molecule has 2 aliphatic heterocycles. The lowest BCUT2D eigenvalue weighted by Gasteiger charge is -2.48. The number of Topliss-reactive ketones (excluding diaryl/α,β-unsaturated/α-hetero) is 1. The number of ketones is 1. The van der Waals surface area contributed by atoms with Gasteiger partial charge in [-0.05, 0) is 37.0 Å². The third-order valence-electron chi connectivity index (χ3n) is 7.36. The predicted molar refractivity (Wildman–Crippen MR) is 128 cm³/mol. The van der Waals surface area contributed by atoms with Gasteiger partial charge in [0.05, 0.1) is 11.3 Å². The first-order valence-corrected chi connectivity index (χ1v) is 12.0. The van der Waals surface area contributed by atoms with E-state index in [1.165, 1.54) is 9.80 Å². The van der Waals surface area contributed by atoms with Crippen LogP contribution in [0.3, 0.4) is 0 Å². The molecule has 1 aromatic heterocycles. The number of carbonyl (C=O) groups excluding carboxylic acids is 4. The number of anilines is 1. The van der Waals surface area contributed by atoms with Gasteiger partial charge >= 0.3 is 5.97 Å². The summed E-state index contributed by atoms with van der Waals surface area (Å²) in [4.78, 5) is 59.4. The third-order valence-corrected chi connectivity index (χ3v) is 7.36. The molecule has 178 valence electrons. The first-order chi connectivity index (χ1) is 17.0. The Balaban J connectivity index is 1.33. The number of rotatable bonds is 6. The fraction of sp³-hybridized carbons (Fsp3) is 0.333. The number of nitrogens with one attached hydrogen (secondary N) is 1. The van der Waals surface area contributed by atoms with Crippen molar-refractivity contribution in [1.82, 2.24) is 9.88 Å². The number of nitrogens with zero attached hydrogens (tertiary/aromatic N) is 2. The average Bonchev–Trinajstić information content (AvgIpc) is 3.51. The van der Waals surface area contributed by atoms with E-state index in [-0.39, 0.29) is 36.5 Å². The molecule has 1 N–H and O–H groups in total. The molecule has 1 saturated heterocycles. The van der Waals surface area contributed by atoms with Crippen molar-refractivity contribution in [3.05, 3.63) is 65.4 Å². The van der Waals surface area contributed by atoms with Gasteiger partial charge in [0, 0.05) is 41.5 Å². The number of H-pyrrole nitrogens is 1. The van der Waals surface area contributed by atoms with Crippen molar-refractivity contribution in [3.63, 3.8) is 0 Å². The molecule has 3 heterocycles. The maximum atomic E-state index is 13.7. The van der Waals surface area contributed by atoms with Gasteiger partial charge in [0.2, 0.25) is 17.4 Å². The number of aryl methyl sites for hydroxylation is 1. The Morgan fingerprint density at radius 2 is 1.91 bits per heavy atom. The quantitative estimate of drug-likeness (QED) is 0.437. The molecule has 2 amide bonds. The van der Waals surface area contributed by atoms with E-state index >= 15 is 0 Å². The van der Waals surface area contributed by atoms with E-state index in [1.54, 1.807) is 30.5 Å². The molecule has 0 bridgehead atoms. The van der Waals surface area contributed by atoms with Gasteiger partial charge in [0.25, 0.3) is 5.91 Å². The number of amides is 2. The fourth-order valence-electron chi connectivity index (χ4n) is 5.58.